The van der Waals surface area contributed by atoms with Gasteiger partial charge >= 0.3 is 0 Å². The Morgan fingerprint density at radius 1 is 0.806 bits per heavy atom. The van der Waals surface area contributed by atoms with Gasteiger partial charge in [-0.05, 0) is 67.4 Å². The van der Waals surface area contributed by atoms with Gasteiger partial charge in [-0.1, -0.05) is 23.7 Å². The molecule has 3 aromatic rings. The minimum atomic E-state index is 0.108. The number of halogens is 1. The highest BCUT2D eigenvalue weighted by molar-refractivity contribution is 6.32. The summed E-state index contributed by atoms with van der Waals surface area (Å²) >= 11 is 6.14. The third kappa shape index (κ3) is 4.49. The molecule has 2 aliphatic heterocycles. The standard InChI is InChI=1S/C25H29ClN4O/c26-22-18-20(4-6-25(22)31)19-3-5-23-21(17-19)24(7-8-27-23)30-15-13-29(14-16-30)12-11-28-9-1-2-10-28/h3-8,17-18,31H,1-2,9-16H2. The number of hydrogen-bond donors (Lipinski definition) is 1. The van der Waals surface area contributed by atoms with Crippen molar-refractivity contribution in [1.82, 2.24) is 14.8 Å². The highest BCUT2D eigenvalue weighted by Crippen LogP contribution is 2.33. The Bertz CT molecular complexity index is 1060. The number of nitrogens with zero attached hydrogens (tertiary/aromatic N) is 4. The molecule has 31 heavy (non-hydrogen) atoms. The van der Waals surface area contributed by atoms with Crippen LogP contribution in [0.1, 0.15) is 12.8 Å². The smallest absolute Gasteiger partial charge is 0.134 e. The summed E-state index contributed by atoms with van der Waals surface area (Å²) in [6.45, 7) is 9.21. The second kappa shape index (κ2) is 9.03. The Kier molecular flexibility index (Phi) is 5.99. The summed E-state index contributed by atoms with van der Waals surface area (Å²) < 4.78 is 0. The van der Waals surface area contributed by atoms with E-state index in [-0.39, 0.29) is 5.75 Å². The molecule has 2 fully saturated rings. The van der Waals surface area contributed by atoms with Crippen molar-refractivity contribution >= 4 is 28.2 Å². The zero-order valence-corrected chi connectivity index (χ0v) is 18.6. The van der Waals surface area contributed by atoms with Gasteiger partial charge in [0.1, 0.15) is 5.75 Å². The second-order valence-electron chi connectivity index (χ2n) is 8.61. The van der Waals surface area contributed by atoms with Gasteiger partial charge < -0.3 is 14.9 Å². The number of anilines is 1. The van der Waals surface area contributed by atoms with Crippen LogP contribution in [0.3, 0.4) is 0 Å². The number of aromatic hydroxyl groups is 1. The molecular weight excluding hydrogens is 408 g/mol. The van der Waals surface area contributed by atoms with E-state index >= 15 is 0 Å². The lowest BCUT2D eigenvalue weighted by molar-refractivity contribution is 0.215. The molecule has 1 N–H and O–H groups in total. The summed E-state index contributed by atoms with van der Waals surface area (Å²) in [5.41, 5.74) is 4.32. The van der Waals surface area contributed by atoms with Crippen molar-refractivity contribution in [3.8, 4) is 16.9 Å². The fourth-order valence-electron chi connectivity index (χ4n) is 4.77. The van der Waals surface area contributed by atoms with Crippen LogP contribution in [-0.4, -0.2) is 72.2 Å². The average Bonchev–Trinajstić information content (AvgIpc) is 3.33. The van der Waals surface area contributed by atoms with Crippen molar-refractivity contribution in [2.75, 3.05) is 57.3 Å². The zero-order valence-electron chi connectivity index (χ0n) is 17.8. The van der Waals surface area contributed by atoms with Gasteiger partial charge in [-0.15, -0.1) is 0 Å². The van der Waals surface area contributed by atoms with Gasteiger partial charge in [-0.25, -0.2) is 0 Å². The van der Waals surface area contributed by atoms with E-state index in [4.69, 9.17) is 11.6 Å². The lowest BCUT2D eigenvalue weighted by Gasteiger charge is -2.37. The highest BCUT2D eigenvalue weighted by Gasteiger charge is 2.20. The number of hydrogen-bond acceptors (Lipinski definition) is 5. The maximum Gasteiger partial charge on any atom is 0.134 e. The molecule has 3 heterocycles. The summed E-state index contributed by atoms with van der Waals surface area (Å²) in [5, 5.41) is 11.3. The first-order valence-corrected chi connectivity index (χ1v) is 11.6. The Morgan fingerprint density at radius 2 is 1.48 bits per heavy atom. The lowest BCUT2D eigenvalue weighted by atomic mass is 10.0. The van der Waals surface area contributed by atoms with E-state index in [1.54, 1.807) is 6.07 Å². The quantitative estimate of drug-likeness (QED) is 0.638. The van der Waals surface area contributed by atoms with E-state index in [1.807, 2.05) is 18.3 Å². The van der Waals surface area contributed by atoms with Crippen molar-refractivity contribution < 1.29 is 5.11 Å². The van der Waals surface area contributed by atoms with Gasteiger partial charge in [-0.3, -0.25) is 9.88 Å². The van der Waals surface area contributed by atoms with E-state index in [0.29, 0.717) is 5.02 Å². The number of phenols is 1. The predicted octanol–water partition coefficient (Wildman–Crippen LogP) is 4.48. The van der Waals surface area contributed by atoms with Crippen LogP contribution in [0.25, 0.3) is 22.0 Å². The third-order valence-corrected chi connectivity index (χ3v) is 6.95. The third-order valence-electron chi connectivity index (χ3n) is 6.64. The summed E-state index contributed by atoms with van der Waals surface area (Å²) in [4.78, 5) is 12.3. The largest absolute Gasteiger partial charge is 0.506 e. The van der Waals surface area contributed by atoms with Crippen LogP contribution in [-0.2, 0) is 0 Å². The molecule has 1 aromatic heterocycles. The highest BCUT2D eigenvalue weighted by atomic mass is 35.5. The first kappa shape index (κ1) is 20.6. The number of likely N-dealkylation sites (tertiary alicyclic amines) is 1. The number of phenolic OH excluding ortho intramolecular Hbond substituents is 1. The number of benzene rings is 2. The molecule has 0 saturated carbocycles. The topological polar surface area (TPSA) is 42.8 Å². The van der Waals surface area contributed by atoms with Crippen LogP contribution in [0.15, 0.2) is 48.7 Å². The number of rotatable bonds is 5. The van der Waals surface area contributed by atoms with Crippen molar-refractivity contribution in [2.24, 2.45) is 0 Å². The summed E-state index contributed by atoms with van der Waals surface area (Å²) in [7, 11) is 0. The molecule has 0 aliphatic carbocycles. The zero-order chi connectivity index (χ0) is 21.2. The molecule has 162 valence electrons. The van der Waals surface area contributed by atoms with E-state index < -0.39 is 0 Å². The minimum absolute atomic E-state index is 0.108. The van der Waals surface area contributed by atoms with Gasteiger partial charge in [0.25, 0.3) is 0 Å². The summed E-state index contributed by atoms with van der Waals surface area (Å²) in [6, 6.07) is 13.8. The van der Waals surface area contributed by atoms with Crippen molar-refractivity contribution in [3.05, 3.63) is 53.7 Å². The molecule has 2 saturated heterocycles. The Balaban J connectivity index is 1.33. The van der Waals surface area contributed by atoms with Crippen LogP contribution in [0.4, 0.5) is 5.69 Å². The minimum Gasteiger partial charge on any atom is -0.506 e. The fraction of sp³-hybridized carbons (Fsp3) is 0.400. The molecule has 0 spiro atoms. The number of fused-ring (bicyclic) bond motifs is 1. The maximum absolute atomic E-state index is 9.74. The molecule has 2 aliphatic rings. The molecule has 0 unspecified atom stereocenters. The normalized spacial score (nSPS) is 18.2. The Morgan fingerprint density at radius 3 is 2.23 bits per heavy atom. The van der Waals surface area contributed by atoms with Crippen molar-refractivity contribution in [1.29, 1.82) is 0 Å². The molecule has 0 bridgehead atoms. The number of piperazine rings is 1. The molecule has 0 atom stereocenters. The van der Waals surface area contributed by atoms with Gasteiger partial charge in [0.05, 0.1) is 10.5 Å². The van der Waals surface area contributed by atoms with Crippen LogP contribution in [0.5, 0.6) is 5.75 Å². The maximum atomic E-state index is 9.74. The van der Waals surface area contributed by atoms with E-state index in [1.165, 1.54) is 44.7 Å². The van der Waals surface area contributed by atoms with Crippen molar-refractivity contribution in [3.63, 3.8) is 0 Å². The molecule has 5 rings (SSSR count). The molecular formula is C25H29ClN4O. The van der Waals surface area contributed by atoms with Crippen LogP contribution in [0, 0.1) is 0 Å². The summed E-state index contributed by atoms with van der Waals surface area (Å²) in [6.07, 6.45) is 4.64. The SMILES string of the molecule is Oc1ccc(-c2ccc3nccc(N4CCN(CCN5CCCC5)CC4)c3c2)cc1Cl. The first-order chi connectivity index (χ1) is 15.2. The number of pyridine rings is 1. The molecule has 2 aromatic carbocycles. The molecule has 0 amide bonds. The van der Waals surface area contributed by atoms with Crippen molar-refractivity contribution in [2.45, 2.75) is 12.8 Å². The van der Waals surface area contributed by atoms with Gasteiger partial charge in [0.15, 0.2) is 0 Å². The van der Waals surface area contributed by atoms with E-state index in [9.17, 15) is 5.11 Å². The van der Waals surface area contributed by atoms with E-state index in [0.717, 1.165) is 48.2 Å². The molecule has 6 heteroatoms. The predicted molar refractivity (Wildman–Crippen MR) is 128 cm³/mol. The lowest BCUT2D eigenvalue weighted by Crippen LogP contribution is -2.48. The van der Waals surface area contributed by atoms with Gasteiger partial charge in [0.2, 0.25) is 0 Å². The first-order valence-electron chi connectivity index (χ1n) is 11.2. The number of aromatic nitrogens is 1. The van der Waals surface area contributed by atoms with Gasteiger partial charge in [-0.2, -0.15) is 0 Å². The molecule has 0 radical (unpaired) electrons. The van der Waals surface area contributed by atoms with Crippen LogP contribution in [0.2, 0.25) is 5.02 Å². The van der Waals surface area contributed by atoms with Crippen LogP contribution < -0.4 is 4.90 Å². The Labute approximate surface area is 188 Å². The second-order valence-corrected chi connectivity index (χ2v) is 9.01. The summed E-state index contributed by atoms with van der Waals surface area (Å²) in [5.74, 6) is 0.108. The van der Waals surface area contributed by atoms with Crippen LogP contribution >= 0.6 is 11.6 Å². The Hall–Kier alpha value is -2.34. The fourth-order valence-corrected chi connectivity index (χ4v) is 4.96. The average molecular weight is 437 g/mol. The monoisotopic (exact) mass is 436 g/mol. The van der Waals surface area contributed by atoms with E-state index in [2.05, 4.69) is 43.9 Å². The van der Waals surface area contributed by atoms with Gasteiger partial charge in [0, 0.05) is 56.5 Å². The molecule has 5 nitrogen and oxygen atoms in total.